The van der Waals surface area contributed by atoms with Gasteiger partial charge in [0, 0.05) is 12.7 Å². The first-order valence-corrected chi connectivity index (χ1v) is 8.31. The number of aromatic nitrogens is 1. The average Bonchev–Trinajstić information content (AvgIpc) is 2.59. The van der Waals surface area contributed by atoms with Crippen LogP contribution in [-0.4, -0.2) is 29.8 Å². The summed E-state index contributed by atoms with van der Waals surface area (Å²) >= 11 is 1.44. The lowest BCUT2D eigenvalue weighted by Gasteiger charge is -2.26. The number of benzene rings is 1. The van der Waals surface area contributed by atoms with Gasteiger partial charge in [0.05, 0.1) is 17.4 Å². The monoisotopic (exact) mass is 314 g/mol. The molecular formula is C17H18N2O2S. The number of hydrogen-bond acceptors (Lipinski definition) is 4. The van der Waals surface area contributed by atoms with E-state index in [0.29, 0.717) is 18.9 Å². The Balaban J connectivity index is 1.50. The molecule has 22 heavy (non-hydrogen) atoms. The molecule has 0 saturated heterocycles. The van der Waals surface area contributed by atoms with Crippen molar-refractivity contribution in [3.05, 3.63) is 59.8 Å². The molecule has 1 aromatic heterocycles. The van der Waals surface area contributed by atoms with Gasteiger partial charge in [0.1, 0.15) is 6.10 Å². The minimum Gasteiger partial charge on any atom is -0.371 e. The van der Waals surface area contributed by atoms with Crippen molar-refractivity contribution in [3.8, 4) is 0 Å². The predicted octanol–water partition coefficient (Wildman–Crippen LogP) is 2.60. The van der Waals surface area contributed by atoms with Crippen molar-refractivity contribution in [2.45, 2.75) is 17.6 Å². The third-order valence-electron chi connectivity index (χ3n) is 3.57. The van der Waals surface area contributed by atoms with Crippen LogP contribution < -0.4 is 5.32 Å². The van der Waals surface area contributed by atoms with Gasteiger partial charge in [-0.1, -0.05) is 42.1 Å². The maximum Gasteiger partial charge on any atom is 0.230 e. The van der Waals surface area contributed by atoms with Crippen LogP contribution in [0.4, 0.5) is 0 Å². The summed E-state index contributed by atoms with van der Waals surface area (Å²) in [5, 5.41) is 3.81. The van der Waals surface area contributed by atoms with Crippen LogP contribution in [-0.2, 0) is 16.0 Å². The molecule has 1 N–H and O–H groups in total. The largest absolute Gasteiger partial charge is 0.371 e. The van der Waals surface area contributed by atoms with Crippen LogP contribution in [0.1, 0.15) is 17.2 Å². The number of nitrogens with zero attached hydrogens (tertiary/aromatic N) is 1. The Morgan fingerprint density at radius 1 is 1.27 bits per heavy atom. The number of amides is 1. The summed E-state index contributed by atoms with van der Waals surface area (Å²) in [6.07, 6.45) is 2.62. The fraction of sp³-hybridized carbons (Fsp3) is 0.294. The van der Waals surface area contributed by atoms with Crippen LogP contribution in [0.25, 0.3) is 0 Å². The van der Waals surface area contributed by atoms with Crippen molar-refractivity contribution in [1.82, 2.24) is 10.3 Å². The van der Waals surface area contributed by atoms with E-state index in [0.717, 1.165) is 11.4 Å². The fourth-order valence-corrected chi connectivity index (χ4v) is 3.17. The zero-order valence-corrected chi connectivity index (χ0v) is 13.0. The Morgan fingerprint density at radius 2 is 2.14 bits per heavy atom. The van der Waals surface area contributed by atoms with E-state index in [4.69, 9.17) is 4.74 Å². The highest BCUT2D eigenvalue weighted by atomic mass is 32.2. The van der Waals surface area contributed by atoms with E-state index in [-0.39, 0.29) is 12.0 Å². The van der Waals surface area contributed by atoms with Crippen molar-refractivity contribution in [2.75, 3.05) is 18.9 Å². The zero-order chi connectivity index (χ0) is 15.2. The standard InChI is InChI=1S/C17H18N2O2S/c20-16(12-22-17-7-3-4-9-18-17)19-11-15-14-6-2-1-5-13(14)8-10-21-15/h1-7,9,15H,8,10-12H2,(H,19,20). The lowest BCUT2D eigenvalue weighted by atomic mass is 9.97. The average molecular weight is 314 g/mol. The third-order valence-corrected chi connectivity index (χ3v) is 4.51. The molecule has 0 aliphatic carbocycles. The van der Waals surface area contributed by atoms with Gasteiger partial charge >= 0.3 is 0 Å². The lowest BCUT2D eigenvalue weighted by Crippen LogP contribution is -2.32. The molecule has 1 atom stereocenters. The van der Waals surface area contributed by atoms with Crippen LogP contribution >= 0.6 is 11.8 Å². The number of hydrogen-bond donors (Lipinski definition) is 1. The Hall–Kier alpha value is -1.85. The zero-order valence-electron chi connectivity index (χ0n) is 12.2. The van der Waals surface area contributed by atoms with E-state index < -0.39 is 0 Å². The van der Waals surface area contributed by atoms with Crippen LogP contribution in [0, 0.1) is 0 Å². The molecule has 0 saturated carbocycles. The van der Waals surface area contributed by atoms with Crippen LogP contribution in [0.5, 0.6) is 0 Å². The first-order valence-electron chi connectivity index (χ1n) is 7.33. The summed E-state index contributed by atoms with van der Waals surface area (Å²) in [6, 6.07) is 13.9. The number of fused-ring (bicyclic) bond motifs is 1. The first kappa shape index (κ1) is 15.1. The van der Waals surface area contributed by atoms with E-state index in [1.165, 1.54) is 22.9 Å². The molecule has 1 aromatic carbocycles. The molecule has 3 rings (SSSR count). The number of pyridine rings is 1. The van der Waals surface area contributed by atoms with E-state index in [9.17, 15) is 4.79 Å². The van der Waals surface area contributed by atoms with Gasteiger partial charge in [-0.25, -0.2) is 4.98 Å². The summed E-state index contributed by atoms with van der Waals surface area (Å²) < 4.78 is 5.78. The van der Waals surface area contributed by atoms with Crippen LogP contribution in [0.3, 0.4) is 0 Å². The predicted molar refractivity (Wildman–Crippen MR) is 86.8 cm³/mol. The van der Waals surface area contributed by atoms with E-state index >= 15 is 0 Å². The van der Waals surface area contributed by atoms with Gasteiger partial charge in [0.25, 0.3) is 0 Å². The molecule has 0 bridgehead atoms. The molecule has 4 nitrogen and oxygen atoms in total. The number of thioether (sulfide) groups is 1. The van der Waals surface area contributed by atoms with Gasteiger partial charge < -0.3 is 10.1 Å². The second-order valence-electron chi connectivity index (χ2n) is 5.07. The molecule has 0 fully saturated rings. The molecule has 0 spiro atoms. The number of nitrogens with one attached hydrogen (secondary N) is 1. The fourth-order valence-electron chi connectivity index (χ4n) is 2.48. The first-order chi connectivity index (χ1) is 10.8. The molecule has 0 radical (unpaired) electrons. The van der Waals surface area contributed by atoms with Crippen LogP contribution in [0.2, 0.25) is 0 Å². The number of carbonyl (C=O) groups excluding carboxylic acids is 1. The maximum absolute atomic E-state index is 12.0. The lowest BCUT2D eigenvalue weighted by molar-refractivity contribution is -0.119. The molecule has 1 unspecified atom stereocenters. The number of carbonyl (C=O) groups is 1. The Labute approximate surface area is 134 Å². The molecule has 114 valence electrons. The van der Waals surface area contributed by atoms with Crippen molar-refractivity contribution in [2.24, 2.45) is 0 Å². The second-order valence-corrected chi connectivity index (χ2v) is 6.06. The van der Waals surface area contributed by atoms with E-state index in [1.54, 1.807) is 6.20 Å². The van der Waals surface area contributed by atoms with Gasteiger partial charge in [-0.2, -0.15) is 0 Å². The SMILES string of the molecule is O=C(CSc1ccccn1)NCC1OCCc2ccccc21. The topological polar surface area (TPSA) is 51.2 Å². The maximum atomic E-state index is 12.0. The highest BCUT2D eigenvalue weighted by Crippen LogP contribution is 2.26. The smallest absolute Gasteiger partial charge is 0.230 e. The molecule has 2 aromatic rings. The van der Waals surface area contributed by atoms with Gasteiger partial charge in [-0.3, -0.25) is 4.79 Å². The molecule has 5 heteroatoms. The Bertz CT molecular complexity index is 634. The molecular weight excluding hydrogens is 296 g/mol. The van der Waals surface area contributed by atoms with Crippen molar-refractivity contribution >= 4 is 17.7 Å². The molecule has 1 amide bonds. The molecule has 1 aliphatic rings. The summed E-state index contributed by atoms with van der Waals surface area (Å²) in [5.41, 5.74) is 2.50. The Morgan fingerprint density at radius 3 is 3.00 bits per heavy atom. The highest BCUT2D eigenvalue weighted by Gasteiger charge is 2.20. The quantitative estimate of drug-likeness (QED) is 0.862. The Kier molecular flexibility index (Phi) is 5.08. The van der Waals surface area contributed by atoms with Gasteiger partial charge in [0.15, 0.2) is 0 Å². The van der Waals surface area contributed by atoms with Crippen LogP contribution in [0.15, 0.2) is 53.7 Å². The van der Waals surface area contributed by atoms with Gasteiger partial charge in [-0.15, -0.1) is 0 Å². The van der Waals surface area contributed by atoms with E-state index in [2.05, 4.69) is 22.4 Å². The second kappa shape index (κ2) is 7.42. The summed E-state index contributed by atoms with van der Waals surface area (Å²) in [6.45, 7) is 1.22. The van der Waals surface area contributed by atoms with Gasteiger partial charge in [-0.05, 0) is 29.7 Å². The minimum absolute atomic E-state index is 0.00214. The summed E-state index contributed by atoms with van der Waals surface area (Å²) in [5.74, 6) is 0.369. The van der Waals surface area contributed by atoms with Crippen molar-refractivity contribution in [1.29, 1.82) is 0 Å². The van der Waals surface area contributed by atoms with Crippen molar-refractivity contribution < 1.29 is 9.53 Å². The van der Waals surface area contributed by atoms with Crippen molar-refractivity contribution in [3.63, 3.8) is 0 Å². The summed E-state index contributed by atoms with van der Waals surface area (Å²) in [4.78, 5) is 16.1. The van der Waals surface area contributed by atoms with Gasteiger partial charge in [0.2, 0.25) is 5.91 Å². The molecule has 2 heterocycles. The van der Waals surface area contributed by atoms with E-state index in [1.807, 2.05) is 30.3 Å². The third kappa shape index (κ3) is 3.87. The molecule has 1 aliphatic heterocycles. The highest BCUT2D eigenvalue weighted by molar-refractivity contribution is 7.99. The minimum atomic E-state index is -0.0475. The number of rotatable bonds is 5. The normalized spacial score (nSPS) is 16.8. The summed E-state index contributed by atoms with van der Waals surface area (Å²) in [7, 11) is 0. The number of ether oxygens (including phenoxy) is 1.